The molecule has 0 aliphatic carbocycles. The van der Waals surface area contributed by atoms with E-state index in [1.807, 2.05) is 37.3 Å². The summed E-state index contributed by atoms with van der Waals surface area (Å²) in [6, 6.07) is 9.51. The Balaban J connectivity index is 2.59. The molecule has 0 bridgehead atoms. The number of nitrogens with one attached hydrogen (secondary N) is 1. The van der Waals surface area contributed by atoms with Crippen LogP contribution in [-0.2, 0) is 0 Å². The fourth-order valence-electron chi connectivity index (χ4n) is 0.999. The summed E-state index contributed by atoms with van der Waals surface area (Å²) in [5, 5.41) is 2.91. The van der Waals surface area contributed by atoms with E-state index in [1.165, 1.54) is 0 Å². The minimum Gasteiger partial charge on any atom is -0.350 e. The molecule has 0 aromatic heterocycles. The molecular weight excluding hydrogens is 162 g/mol. The first-order chi connectivity index (χ1) is 6.24. The molecule has 13 heavy (non-hydrogen) atoms. The molecular formula is C11H15NO. The largest absolute Gasteiger partial charge is 0.350 e. The third-order valence-corrected chi connectivity index (χ3v) is 2.03. The second-order valence-corrected chi connectivity index (χ2v) is 3.15. The highest BCUT2D eigenvalue weighted by Gasteiger charge is 2.06. The SMILES string of the molecule is CCC(C)NC(=O)c1ccccc1. The molecule has 2 nitrogen and oxygen atoms in total. The Labute approximate surface area is 79.0 Å². The fourth-order valence-corrected chi connectivity index (χ4v) is 0.999. The van der Waals surface area contributed by atoms with Crippen molar-refractivity contribution in [3.05, 3.63) is 35.9 Å². The summed E-state index contributed by atoms with van der Waals surface area (Å²) in [4.78, 5) is 11.5. The first-order valence-electron chi connectivity index (χ1n) is 4.60. The van der Waals surface area contributed by atoms with E-state index in [0.717, 1.165) is 12.0 Å². The summed E-state index contributed by atoms with van der Waals surface area (Å²) in [5.41, 5.74) is 0.725. The van der Waals surface area contributed by atoms with E-state index < -0.39 is 0 Å². The Morgan fingerprint density at radius 1 is 1.38 bits per heavy atom. The predicted octanol–water partition coefficient (Wildman–Crippen LogP) is 2.21. The first kappa shape index (κ1) is 9.78. The zero-order chi connectivity index (χ0) is 9.68. The van der Waals surface area contributed by atoms with Crippen LogP contribution in [0.2, 0.25) is 0 Å². The second kappa shape index (κ2) is 4.65. The van der Waals surface area contributed by atoms with E-state index in [4.69, 9.17) is 0 Å². The molecule has 1 rings (SSSR count). The summed E-state index contributed by atoms with van der Waals surface area (Å²) < 4.78 is 0. The molecule has 70 valence electrons. The van der Waals surface area contributed by atoms with Crippen LogP contribution in [0.1, 0.15) is 30.6 Å². The highest BCUT2D eigenvalue weighted by atomic mass is 16.1. The van der Waals surface area contributed by atoms with Crippen molar-refractivity contribution in [3.63, 3.8) is 0 Å². The predicted molar refractivity (Wildman–Crippen MR) is 53.7 cm³/mol. The summed E-state index contributed by atoms with van der Waals surface area (Å²) in [6.45, 7) is 4.05. The molecule has 0 heterocycles. The maximum atomic E-state index is 11.5. The zero-order valence-electron chi connectivity index (χ0n) is 8.08. The van der Waals surface area contributed by atoms with Crippen LogP contribution in [0.15, 0.2) is 30.3 Å². The quantitative estimate of drug-likeness (QED) is 0.753. The highest BCUT2D eigenvalue weighted by molar-refractivity contribution is 5.94. The van der Waals surface area contributed by atoms with Gasteiger partial charge in [0.2, 0.25) is 0 Å². The van der Waals surface area contributed by atoms with Gasteiger partial charge in [-0.1, -0.05) is 25.1 Å². The molecule has 1 amide bonds. The van der Waals surface area contributed by atoms with Gasteiger partial charge in [-0.05, 0) is 25.5 Å². The monoisotopic (exact) mass is 177 g/mol. The maximum Gasteiger partial charge on any atom is 0.251 e. The van der Waals surface area contributed by atoms with Crippen LogP contribution < -0.4 is 5.32 Å². The molecule has 1 atom stereocenters. The van der Waals surface area contributed by atoms with Gasteiger partial charge in [-0.3, -0.25) is 4.79 Å². The maximum absolute atomic E-state index is 11.5. The van der Waals surface area contributed by atoms with Crippen LogP contribution in [0.4, 0.5) is 0 Å². The minimum atomic E-state index is 0.00921. The molecule has 1 N–H and O–H groups in total. The second-order valence-electron chi connectivity index (χ2n) is 3.15. The molecule has 0 radical (unpaired) electrons. The molecule has 0 saturated heterocycles. The molecule has 0 spiro atoms. The van der Waals surface area contributed by atoms with Crippen LogP contribution in [0.5, 0.6) is 0 Å². The fraction of sp³-hybridized carbons (Fsp3) is 0.364. The zero-order valence-corrected chi connectivity index (χ0v) is 8.08. The smallest absolute Gasteiger partial charge is 0.251 e. The van der Waals surface area contributed by atoms with Gasteiger partial charge >= 0.3 is 0 Å². The molecule has 1 unspecified atom stereocenters. The molecule has 0 aliphatic heterocycles. The highest BCUT2D eigenvalue weighted by Crippen LogP contribution is 1.99. The molecule has 0 saturated carbocycles. The van der Waals surface area contributed by atoms with Crippen LogP contribution >= 0.6 is 0 Å². The third-order valence-electron chi connectivity index (χ3n) is 2.03. The van der Waals surface area contributed by atoms with Gasteiger partial charge in [0.1, 0.15) is 0 Å². The Bertz CT molecular complexity index is 269. The van der Waals surface area contributed by atoms with Gasteiger partial charge < -0.3 is 5.32 Å². The number of rotatable bonds is 3. The minimum absolute atomic E-state index is 0.00921. The van der Waals surface area contributed by atoms with Crippen molar-refractivity contribution < 1.29 is 4.79 Å². The van der Waals surface area contributed by atoms with Gasteiger partial charge in [0.25, 0.3) is 5.91 Å². The lowest BCUT2D eigenvalue weighted by atomic mass is 10.2. The Hall–Kier alpha value is -1.31. The van der Waals surface area contributed by atoms with Crippen molar-refractivity contribution in [2.75, 3.05) is 0 Å². The van der Waals surface area contributed by atoms with E-state index in [-0.39, 0.29) is 11.9 Å². The van der Waals surface area contributed by atoms with Crippen molar-refractivity contribution in [1.29, 1.82) is 0 Å². The van der Waals surface area contributed by atoms with E-state index in [0.29, 0.717) is 0 Å². The van der Waals surface area contributed by atoms with E-state index >= 15 is 0 Å². The first-order valence-corrected chi connectivity index (χ1v) is 4.60. The van der Waals surface area contributed by atoms with Crippen molar-refractivity contribution in [1.82, 2.24) is 5.32 Å². The van der Waals surface area contributed by atoms with Crippen LogP contribution in [0.3, 0.4) is 0 Å². The number of amides is 1. The molecule has 1 aromatic carbocycles. The average Bonchev–Trinajstić information content (AvgIpc) is 2.19. The molecule has 0 aliphatic rings. The van der Waals surface area contributed by atoms with Crippen molar-refractivity contribution in [3.8, 4) is 0 Å². The molecule has 2 heteroatoms. The van der Waals surface area contributed by atoms with Gasteiger partial charge in [-0.15, -0.1) is 0 Å². The lowest BCUT2D eigenvalue weighted by Crippen LogP contribution is -2.31. The van der Waals surface area contributed by atoms with Crippen molar-refractivity contribution in [2.45, 2.75) is 26.3 Å². The van der Waals surface area contributed by atoms with Crippen LogP contribution in [0, 0.1) is 0 Å². The van der Waals surface area contributed by atoms with Gasteiger partial charge in [-0.2, -0.15) is 0 Å². The van der Waals surface area contributed by atoms with Crippen LogP contribution in [-0.4, -0.2) is 11.9 Å². The van der Waals surface area contributed by atoms with Crippen molar-refractivity contribution >= 4 is 5.91 Å². The van der Waals surface area contributed by atoms with E-state index in [9.17, 15) is 4.79 Å². The Morgan fingerprint density at radius 3 is 2.54 bits per heavy atom. The number of carbonyl (C=O) groups excluding carboxylic acids is 1. The van der Waals surface area contributed by atoms with Crippen molar-refractivity contribution in [2.24, 2.45) is 0 Å². The lowest BCUT2D eigenvalue weighted by Gasteiger charge is -2.10. The average molecular weight is 177 g/mol. The number of benzene rings is 1. The Morgan fingerprint density at radius 2 is 2.00 bits per heavy atom. The summed E-state index contributed by atoms with van der Waals surface area (Å²) >= 11 is 0. The topological polar surface area (TPSA) is 29.1 Å². The summed E-state index contributed by atoms with van der Waals surface area (Å²) in [6.07, 6.45) is 0.957. The van der Waals surface area contributed by atoms with Crippen LogP contribution in [0.25, 0.3) is 0 Å². The van der Waals surface area contributed by atoms with E-state index in [1.54, 1.807) is 0 Å². The van der Waals surface area contributed by atoms with Gasteiger partial charge in [-0.25, -0.2) is 0 Å². The van der Waals surface area contributed by atoms with Gasteiger partial charge in [0.05, 0.1) is 0 Å². The Kier molecular flexibility index (Phi) is 3.50. The van der Waals surface area contributed by atoms with Gasteiger partial charge in [0.15, 0.2) is 0 Å². The molecule has 1 aromatic rings. The molecule has 0 fully saturated rings. The number of hydrogen-bond donors (Lipinski definition) is 1. The number of carbonyl (C=O) groups is 1. The van der Waals surface area contributed by atoms with Gasteiger partial charge in [0, 0.05) is 11.6 Å². The summed E-state index contributed by atoms with van der Waals surface area (Å²) in [5.74, 6) is 0.00921. The summed E-state index contributed by atoms with van der Waals surface area (Å²) in [7, 11) is 0. The van der Waals surface area contributed by atoms with E-state index in [2.05, 4.69) is 12.2 Å². The lowest BCUT2D eigenvalue weighted by molar-refractivity contribution is 0.0939. The third kappa shape index (κ3) is 2.90. The number of hydrogen-bond acceptors (Lipinski definition) is 1. The standard InChI is InChI=1S/C11H15NO/c1-3-9(2)12-11(13)10-7-5-4-6-8-10/h4-9H,3H2,1-2H3,(H,12,13). The normalized spacial score (nSPS) is 12.2.